The van der Waals surface area contributed by atoms with Crippen molar-refractivity contribution < 1.29 is 9.53 Å². The van der Waals surface area contributed by atoms with Gasteiger partial charge in [-0.3, -0.25) is 4.79 Å². The standard InChI is InChI=1S/C12H16N4O2/c1-15(2)10(17)7-16-5-4-8-6-9(13)12(18-3)14-11(8)16/h4-6H,7,13H2,1-3H3. The summed E-state index contributed by atoms with van der Waals surface area (Å²) in [4.78, 5) is 17.5. The van der Waals surface area contributed by atoms with Gasteiger partial charge < -0.3 is 19.9 Å². The molecule has 0 fully saturated rings. The molecule has 2 heterocycles. The molecule has 2 N–H and O–H groups in total. The van der Waals surface area contributed by atoms with Gasteiger partial charge in [-0.2, -0.15) is 4.98 Å². The van der Waals surface area contributed by atoms with E-state index < -0.39 is 0 Å². The molecular formula is C12H16N4O2. The zero-order chi connectivity index (χ0) is 13.3. The van der Waals surface area contributed by atoms with Crippen LogP contribution in [0.1, 0.15) is 0 Å². The number of nitrogens with zero attached hydrogens (tertiary/aromatic N) is 3. The lowest BCUT2D eigenvalue weighted by atomic mass is 10.3. The lowest BCUT2D eigenvalue weighted by Gasteiger charge is -2.11. The Morgan fingerprint density at radius 3 is 2.89 bits per heavy atom. The number of anilines is 1. The van der Waals surface area contributed by atoms with E-state index in [0.717, 1.165) is 5.39 Å². The molecule has 2 rings (SSSR count). The van der Waals surface area contributed by atoms with Crippen LogP contribution in [-0.4, -0.2) is 41.6 Å². The molecule has 96 valence electrons. The average Bonchev–Trinajstić information content (AvgIpc) is 2.70. The average molecular weight is 248 g/mol. The van der Waals surface area contributed by atoms with Crippen LogP contribution < -0.4 is 10.5 Å². The molecule has 1 amide bonds. The molecule has 0 radical (unpaired) electrons. The Balaban J connectivity index is 2.43. The van der Waals surface area contributed by atoms with Gasteiger partial charge in [0, 0.05) is 25.7 Å². The van der Waals surface area contributed by atoms with Crippen molar-refractivity contribution >= 4 is 22.6 Å². The summed E-state index contributed by atoms with van der Waals surface area (Å²) < 4.78 is 6.86. The summed E-state index contributed by atoms with van der Waals surface area (Å²) in [5, 5.41) is 0.889. The molecule has 2 aromatic heterocycles. The summed E-state index contributed by atoms with van der Waals surface area (Å²) in [5.74, 6) is 0.379. The molecule has 0 unspecified atom stereocenters. The molecule has 0 aliphatic heterocycles. The third kappa shape index (κ3) is 2.09. The Kier molecular flexibility index (Phi) is 3.10. The number of fused-ring (bicyclic) bond motifs is 1. The van der Waals surface area contributed by atoms with Crippen molar-refractivity contribution in [1.29, 1.82) is 0 Å². The van der Waals surface area contributed by atoms with Gasteiger partial charge in [0.25, 0.3) is 0 Å². The van der Waals surface area contributed by atoms with Crippen LogP contribution in [0, 0.1) is 0 Å². The summed E-state index contributed by atoms with van der Waals surface area (Å²) in [6.45, 7) is 0.247. The Morgan fingerprint density at radius 2 is 2.28 bits per heavy atom. The van der Waals surface area contributed by atoms with Crippen LogP contribution in [0.25, 0.3) is 11.0 Å². The SMILES string of the molecule is COc1nc2c(ccn2CC(=O)N(C)C)cc1N. The zero-order valence-corrected chi connectivity index (χ0v) is 10.7. The zero-order valence-electron chi connectivity index (χ0n) is 10.7. The van der Waals surface area contributed by atoms with E-state index in [0.29, 0.717) is 17.2 Å². The van der Waals surface area contributed by atoms with E-state index in [9.17, 15) is 4.79 Å². The highest BCUT2D eigenvalue weighted by molar-refractivity contribution is 5.83. The molecule has 0 aliphatic rings. The Bertz CT molecular complexity index is 589. The number of nitrogen functional groups attached to an aromatic ring is 1. The number of pyridine rings is 1. The third-order valence-corrected chi connectivity index (χ3v) is 2.73. The van der Waals surface area contributed by atoms with E-state index in [2.05, 4.69) is 4.98 Å². The topological polar surface area (TPSA) is 73.4 Å². The lowest BCUT2D eigenvalue weighted by molar-refractivity contribution is -0.129. The molecule has 0 aromatic carbocycles. The number of amides is 1. The van der Waals surface area contributed by atoms with Crippen LogP contribution in [0.15, 0.2) is 18.3 Å². The van der Waals surface area contributed by atoms with E-state index >= 15 is 0 Å². The van der Waals surface area contributed by atoms with Gasteiger partial charge in [0.15, 0.2) is 0 Å². The van der Waals surface area contributed by atoms with Crippen LogP contribution in [0.5, 0.6) is 5.88 Å². The van der Waals surface area contributed by atoms with Crippen molar-refractivity contribution in [3.05, 3.63) is 18.3 Å². The van der Waals surface area contributed by atoms with Crippen LogP contribution in [0.2, 0.25) is 0 Å². The number of ether oxygens (including phenoxy) is 1. The predicted octanol–water partition coefficient (Wildman–Crippen LogP) is 0.715. The van der Waals surface area contributed by atoms with Crippen molar-refractivity contribution in [3.63, 3.8) is 0 Å². The highest BCUT2D eigenvalue weighted by Crippen LogP contribution is 2.24. The quantitative estimate of drug-likeness (QED) is 0.868. The Labute approximate surface area is 105 Å². The summed E-state index contributed by atoms with van der Waals surface area (Å²) in [6, 6.07) is 3.67. The minimum atomic E-state index is 0.00471. The fourth-order valence-electron chi connectivity index (χ4n) is 1.69. The predicted molar refractivity (Wildman–Crippen MR) is 69.4 cm³/mol. The molecule has 0 saturated heterocycles. The number of aromatic nitrogens is 2. The van der Waals surface area contributed by atoms with Crippen molar-refractivity contribution in [2.24, 2.45) is 0 Å². The number of carbonyl (C=O) groups excluding carboxylic acids is 1. The molecule has 0 bridgehead atoms. The molecule has 0 saturated carbocycles. The fraction of sp³-hybridized carbons (Fsp3) is 0.333. The first-order chi connectivity index (χ1) is 8.52. The maximum atomic E-state index is 11.7. The molecule has 0 spiro atoms. The van der Waals surface area contributed by atoms with Crippen molar-refractivity contribution in [3.8, 4) is 5.88 Å². The first-order valence-electron chi connectivity index (χ1n) is 5.52. The van der Waals surface area contributed by atoms with Gasteiger partial charge >= 0.3 is 0 Å². The number of likely N-dealkylation sites (N-methyl/N-ethyl adjacent to an activating group) is 1. The molecule has 0 atom stereocenters. The Morgan fingerprint density at radius 1 is 1.56 bits per heavy atom. The van der Waals surface area contributed by atoms with Crippen LogP contribution in [0.4, 0.5) is 5.69 Å². The number of hydrogen-bond donors (Lipinski definition) is 1. The fourth-order valence-corrected chi connectivity index (χ4v) is 1.69. The first-order valence-corrected chi connectivity index (χ1v) is 5.52. The minimum Gasteiger partial charge on any atom is -0.479 e. The second kappa shape index (κ2) is 4.56. The van der Waals surface area contributed by atoms with Crippen molar-refractivity contribution in [2.75, 3.05) is 26.9 Å². The summed E-state index contributed by atoms with van der Waals surface area (Å²) in [7, 11) is 4.96. The summed E-state index contributed by atoms with van der Waals surface area (Å²) in [5.41, 5.74) is 6.96. The summed E-state index contributed by atoms with van der Waals surface area (Å²) >= 11 is 0. The van der Waals surface area contributed by atoms with E-state index in [4.69, 9.17) is 10.5 Å². The second-order valence-electron chi connectivity index (χ2n) is 4.23. The largest absolute Gasteiger partial charge is 0.479 e. The van der Waals surface area contributed by atoms with Gasteiger partial charge in [-0.1, -0.05) is 0 Å². The van der Waals surface area contributed by atoms with Crippen molar-refractivity contribution in [1.82, 2.24) is 14.5 Å². The van der Waals surface area contributed by atoms with Crippen LogP contribution in [0.3, 0.4) is 0 Å². The maximum absolute atomic E-state index is 11.7. The maximum Gasteiger partial charge on any atom is 0.242 e. The number of hydrogen-bond acceptors (Lipinski definition) is 4. The van der Waals surface area contributed by atoms with Crippen molar-refractivity contribution in [2.45, 2.75) is 6.54 Å². The number of methoxy groups -OCH3 is 1. The summed E-state index contributed by atoms with van der Waals surface area (Å²) in [6.07, 6.45) is 1.82. The van der Waals surface area contributed by atoms with Crippen LogP contribution >= 0.6 is 0 Å². The second-order valence-corrected chi connectivity index (χ2v) is 4.23. The van der Waals surface area contributed by atoms with Gasteiger partial charge in [-0.15, -0.1) is 0 Å². The van der Waals surface area contributed by atoms with Gasteiger partial charge in [-0.05, 0) is 12.1 Å². The van der Waals surface area contributed by atoms with Gasteiger partial charge in [0.1, 0.15) is 12.2 Å². The molecule has 2 aromatic rings. The molecule has 6 nitrogen and oxygen atoms in total. The number of carbonyl (C=O) groups is 1. The molecular weight excluding hydrogens is 232 g/mol. The van der Waals surface area contributed by atoms with E-state index in [1.54, 1.807) is 29.6 Å². The smallest absolute Gasteiger partial charge is 0.242 e. The monoisotopic (exact) mass is 248 g/mol. The number of rotatable bonds is 3. The van der Waals surface area contributed by atoms with Crippen LogP contribution in [-0.2, 0) is 11.3 Å². The molecule has 18 heavy (non-hydrogen) atoms. The number of nitrogens with two attached hydrogens (primary N) is 1. The lowest BCUT2D eigenvalue weighted by Crippen LogP contribution is -2.26. The van der Waals surface area contributed by atoms with E-state index in [1.165, 1.54) is 7.11 Å². The highest BCUT2D eigenvalue weighted by atomic mass is 16.5. The molecule has 6 heteroatoms. The van der Waals surface area contributed by atoms with Gasteiger partial charge in [0.05, 0.1) is 12.8 Å². The molecule has 0 aliphatic carbocycles. The minimum absolute atomic E-state index is 0.00471. The normalized spacial score (nSPS) is 10.6. The first kappa shape index (κ1) is 12.2. The van der Waals surface area contributed by atoms with Gasteiger partial charge in [-0.25, -0.2) is 0 Å². The van der Waals surface area contributed by atoms with E-state index in [-0.39, 0.29) is 12.5 Å². The van der Waals surface area contributed by atoms with E-state index in [1.807, 2.05) is 12.3 Å². The Hall–Kier alpha value is -2.24. The highest BCUT2D eigenvalue weighted by Gasteiger charge is 2.11. The van der Waals surface area contributed by atoms with Gasteiger partial charge in [0.2, 0.25) is 11.8 Å². The third-order valence-electron chi connectivity index (χ3n) is 2.73.